The van der Waals surface area contributed by atoms with E-state index in [1.54, 1.807) is 12.1 Å². The Morgan fingerprint density at radius 2 is 1.79 bits per heavy atom. The minimum Gasteiger partial charge on any atom is -0.378 e. The summed E-state index contributed by atoms with van der Waals surface area (Å²) in [6.45, 7) is 3.64. The zero-order chi connectivity index (χ0) is 19.3. The zero-order valence-corrected chi connectivity index (χ0v) is 16.1. The fourth-order valence-electron chi connectivity index (χ4n) is 4.30. The molecule has 0 aliphatic carbocycles. The number of hydrogen-bond acceptors (Lipinski definition) is 3. The fraction of sp³-hybridized carbons (Fsp3) is 0.435. The SMILES string of the molecule is O=C(c1ccccc1N1CCOCC1)N1CCCCCC1c1cccc(F)c1. The van der Waals surface area contributed by atoms with Gasteiger partial charge in [0, 0.05) is 25.3 Å². The van der Waals surface area contributed by atoms with Gasteiger partial charge in [-0.1, -0.05) is 37.1 Å². The molecule has 2 heterocycles. The molecule has 4 nitrogen and oxygen atoms in total. The molecule has 0 aromatic heterocycles. The van der Waals surface area contributed by atoms with Gasteiger partial charge in [-0.3, -0.25) is 4.79 Å². The van der Waals surface area contributed by atoms with Gasteiger partial charge in [0.15, 0.2) is 0 Å². The number of anilines is 1. The van der Waals surface area contributed by atoms with E-state index in [-0.39, 0.29) is 17.8 Å². The van der Waals surface area contributed by atoms with Crippen LogP contribution in [0.5, 0.6) is 0 Å². The summed E-state index contributed by atoms with van der Waals surface area (Å²) in [5.41, 5.74) is 2.59. The molecule has 2 aromatic carbocycles. The first-order chi connectivity index (χ1) is 13.7. The fourth-order valence-corrected chi connectivity index (χ4v) is 4.30. The number of para-hydroxylation sites is 1. The van der Waals surface area contributed by atoms with Crippen molar-refractivity contribution in [2.45, 2.75) is 31.7 Å². The average Bonchev–Trinajstić information content (AvgIpc) is 3.00. The molecule has 0 saturated carbocycles. The van der Waals surface area contributed by atoms with Gasteiger partial charge >= 0.3 is 0 Å². The van der Waals surface area contributed by atoms with Gasteiger partial charge in [0.25, 0.3) is 5.91 Å². The number of morpholine rings is 1. The molecular weight excluding hydrogens is 355 g/mol. The number of halogens is 1. The minimum atomic E-state index is -0.247. The number of likely N-dealkylation sites (tertiary alicyclic amines) is 1. The molecule has 2 aliphatic heterocycles. The van der Waals surface area contributed by atoms with Crippen LogP contribution in [-0.2, 0) is 4.74 Å². The largest absolute Gasteiger partial charge is 0.378 e. The van der Waals surface area contributed by atoms with E-state index in [1.807, 2.05) is 35.2 Å². The van der Waals surface area contributed by atoms with Gasteiger partial charge in [0.2, 0.25) is 0 Å². The Morgan fingerprint density at radius 3 is 2.61 bits per heavy atom. The van der Waals surface area contributed by atoms with E-state index >= 15 is 0 Å². The van der Waals surface area contributed by atoms with Crippen LogP contribution >= 0.6 is 0 Å². The molecule has 2 aliphatic rings. The molecular formula is C23H27FN2O2. The topological polar surface area (TPSA) is 32.8 Å². The van der Waals surface area contributed by atoms with Crippen LogP contribution in [0.4, 0.5) is 10.1 Å². The van der Waals surface area contributed by atoms with E-state index in [1.165, 1.54) is 6.07 Å². The predicted molar refractivity (Wildman–Crippen MR) is 108 cm³/mol. The molecule has 1 amide bonds. The maximum Gasteiger partial charge on any atom is 0.256 e. The Kier molecular flexibility index (Phi) is 5.91. The van der Waals surface area contributed by atoms with Gasteiger partial charge in [-0.25, -0.2) is 4.39 Å². The monoisotopic (exact) mass is 382 g/mol. The molecule has 28 heavy (non-hydrogen) atoms. The standard InChI is InChI=1S/C23H27FN2O2/c24-19-8-6-7-18(17-19)21-10-2-1-5-12-26(21)23(27)20-9-3-4-11-22(20)25-13-15-28-16-14-25/h3-4,6-9,11,17,21H,1-2,5,10,12-16H2. The van der Waals surface area contributed by atoms with E-state index in [0.717, 1.165) is 55.6 Å². The number of rotatable bonds is 3. The van der Waals surface area contributed by atoms with Gasteiger partial charge in [-0.05, 0) is 42.7 Å². The third-order valence-electron chi connectivity index (χ3n) is 5.73. The summed E-state index contributed by atoms with van der Waals surface area (Å²) in [6, 6.07) is 14.5. The van der Waals surface area contributed by atoms with Crippen molar-refractivity contribution in [3.05, 3.63) is 65.5 Å². The van der Waals surface area contributed by atoms with Gasteiger partial charge in [0.1, 0.15) is 5.82 Å². The lowest BCUT2D eigenvalue weighted by atomic mass is 9.99. The Morgan fingerprint density at radius 1 is 0.964 bits per heavy atom. The lowest BCUT2D eigenvalue weighted by molar-refractivity contribution is 0.0680. The molecule has 0 bridgehead atoms. The predicted octanol–water partition coefficient (Wildman–Crippen LogP) is 4.42. The molecule has 1 unspecified atom stereocenters. The lowest BCUT2D eigenvalue weighted by Gasteiger charge is -2.34. The molecule has 148 valence electrons. The lowest BCUT2D eigenvalue weighted by Crippen LogP contribution is -2.39. The van der Waals surface area contributed by atoms with Crippen LogP contribution in [-0.4, -0.2) is 43.7 Å². The minimum absolute atomic E-state index is 0.0400. The molecule has 5 heteroatoms. The summed E-state index contributed by atoms with van der Waals surface area (Å²) in [4.78, 5) is 17.8. The Hall–Kier alpha value is -2.40. The molecule has 0 spiro atoms. The summed E-state index contributed by atoms with van der Waals surface area (Å²) in [5, 5.41) is 0. The van der Waals surface area contributed by atoms with Crippen LogP contribution < -0.4 is 4.90 Å². The Bertz CT molecular complexity index is 820. The smallest absolute Gasteiger partial charge is 0.256 e. The Balaban J connectivity index is 1.67. The maximum absolute atomic E-state index is 13.9. The summed E-state index contributed by atoms with van der Waals surface area (Å²) < 4.78 is 19.3. The molecule has 4 rings (SSSR count). The van der Waals surface area contributed by atoms with Gasteiger partial charge in [0.05, 0.1) is 24.8 Å². The van der Waals surface area contributed by atoms with Gasteiger partial charge in [-0.2, -0.15) is 0 Å². The summed E-state index contributed by atoms with van der Waals surface area (Å²) in [6.07, 6.45) is 4.00. The molecule has 2 fully saturated rings. The third-order valence-corrected chi connectivity index (χ3v) is 5.73. The van der Waals surface area contributed by atoms with Crippen molar-refractivity contribution < 1.29 is 13.9 Å². The second-order valence-corrected chi connectivity index (χ2v) is 7.54. The van der Waals surface area contributed by atoms with E-state index in [0.29, 0.717) is 19.8 Å². The number of carbonyl (C=O) groups is 1. The quantitative estimate of drug-likeness (QED) is 0.788. The molecule has 1 atom stereocenters. The van der Waals surface area contributed by atoms with E-state index in [2.05, 4.69) is 4.90 Å². The van der Waals surface area contributed by atoms with Crippen molar-refractivity contribution in [3.8, 4) is 0 Å². The van der Waals surface area contributed by atoms with Crippen LogP contribution in [0.2, 0.25) is 0 Å². The second-order valence-electron chi connectivity index (χ2n) is 7.54. The summed E-state index contributed by atoms with van der Waals surface area (Å²) in [7, 11) is 0. The van der Waals surface area contributed by atoms with Crippen molar-refractivity contribution in [2.75, 3.05) is 37.7 Å². The third kappa shape index (κ3) is 4.04. The molecule has 2 saturated heterocycles. The second kappa shape index (κ2) is 8.74. The van der Waals surface area contributed by atoms with Gasteiger partial charge < -0.3 is 14.5 Å². The first-order valence-electron chi connectivity index (χ1n) is 10.2. The molecule has 2 aromatic rings. The van der Waals surface area contributed by atoms with Crippen LogP contribution in [0.25, 0.3) is 0 Å². The number of benzene rings is 2. The zero-order valence-electron chi connectivity index (χ0n) is 16.1. The van der Waals surface area contributed by atoms with E-state index < -0.39 is 0 Å². The van der Waals surface area contributed by atoms with Crippen LogP contribution in [0.15, 0.2) is 48.5 Å². The van der Waals surface area contributed by atoms with Crippen molar-refractivity contribution in [3.63, 3.8) is 0 Å². The number of carbonyl (C=O) groups excluding carboxylic acids is 1. The normalized spacial score (nSPS) is 20.7. The van der Waals surface area contributed by atoms with Crippen LogP contribution in [0.3, 0.4) is 0 Å². The van der Waals surface area contributed by atoms with E-state index in [9.17, 15) is 9.18 Å². The number of ether oxygens (including phenoxy) is 1. The van der Waals surface area contributed by atoms with Gasteiger partial charge in [-0.15, -0.1) is 0 Å². The first-order valence-corrected chi connectivity index (χ1v) is 10.2. The van der Waals surface area contributed by atoms with Crippen LogP contribution in [0, 0.1) is 5.82 Å². The number of nitrogens with zero attached hydrogens (tertiary/aromatic N) is 2. The first kappa shape index (κ1) is 18.9. The van der Waals surface area contributed by atoms with Crippen LogP contribution in [0.1, 0.15) is 47.6 Å². The molecule has 0 N–H and O–H groups in total. The highest BCUT2D eigenvalue weighted by Crippen LogP contribution is 2.33. The maximum atomic E-state index is 13.9. The van der Waals surface area contributed by atoms with E-state index in [4.69, 9.17) is 4.74 Å². The van der Waals surface area contributed by atoms with Crippen molar-refractivity contribution in [1.82, 2.24) is 4.90 Å². The van der Waals surface area contributed by atoms with Crippen molar-refractivity contribution in [1.29, 1.82) is 0 Å². The highest BCUT2D eigenvalue weighted by molar-refractivity contribution is 6.00. The van der Waals surface area contributed by atoms with Crippen molar-refractivity contribution in [2.24, 2.45) is 0 Å². The Labute approximate surface area is 165 Å². The number of amides is 1. The molecule has 0 radical (unpaired) electrons. The summed E-state index contributed by atoms with van der Waals surface area (Å²) in [5.74, 6) is -0.207. The average molecular weight is 382 g/mol. The number of hydrogen-bond donors (Lipinski definition) is 0. The van der Waals surface area contributed by atoms with Crippen molar-refractivity contribution >= 4 is 11.6 Å². The summed E-state index contributed by atoms with van der Waals surface area (Å²) >= 11 is 0. The highest BCUT2D eigenvalue weighted by atomic mass is 19.1. The highest BCUT2D eigenvalue weighted by Gasteiger charge is 2.30.